The van der Waals surface area contributed by atoms with Crippen LogP contribution in [0.1, 0.15) is 11.1 Å². The second-order valence-electron chi connectivity index (χ2n) is 5.10. The first-order valence-electron chi connectivity index (χ1n) is 6.81. The van der Waals surface area contributed by atoms with E-state index < -0.39 is 11.7 Å². The molecule has 23 heavy (non-hydrogen) atoms. The molecule has 2 N–H and O–H groups in total. The molecule has 0 saturated heterocycles. The van der Waals surface area contributed by atoms with E-state index in [0.29, 0.717) is 11.3 Å². The number of nitrogens with zero attached hydrogens (tertiary/aromatic N) is 1. The van der Waals surface area contributed by atoms with Gasteiger partial charge < -0.3 is 5.32 Å². The zero-order valence-corrected chi connectivity index (χ0v) is 11.8. The van der Waals surface area contributed by atoms with Crippen LogP contribution >= 0.6 is 0 Å². The molecule has 118 valence electrons. The van der Waals surface area contributed by atoms with Gasteiger partial charge in [0.15, 0.2) is 0 Å². The number of aromatic nitrogens is 2. The number of alkyl halides is 3. The number of benzene rings is 2. The van der Waals surface area contributed by atoms with Crippen molar-refractivity contribution in [2.45, 2.75) is 12.6 Å². The van der Waals surface area contributed by atoms with Crippen molar-refractivity contribution in [1.82, 2.24) is 10.2 Å². The Morgan fingerprint density at radius 2 is 2.00 bits per heavy atom. The quantitative estimate of drug-likeness (QED) is 0.772. The van der Waals surface area contributed by atoms with Gasteiger partial charge in [0.25, 0.3) is 0 Å². The number of hydrogen-bond donors (Lipinski definition) is 2. The van der Waals surface area contributed by atoms with E-state index >= 15 is 0 Å². The molecule has 0 atom stereocenters. The molecule has 0 aliphatic rings. The highest BCUT2D eigenvalue weighted by Crippen LogP contribution is 2.29. The fourth-order valence-corrected chi connectivity index (χ4v) is 2.27. The molecule has 0 unspecified atom stereocenters. The number of hydrogen-bond acceptors (Lipinski definition) is 2. The summed E-state index contributed by atoms with van der Waals surface area (Å²) >= 11 is 0. The van der Waals surface area contributed by atoms with Crippen LogP contribution < -0.4 is 5.32 Å². The van der Waals surface area contributed by atoms with Crippen LogP contribution in [0.15, 0.2) is 48.7 Å². The van der Waals surface area contributed by atoms with Gasteiger partial charge in [-0.05, 0) is 29.8 Å². The second-order valence-corrected chi connectivity index (χ2v) is 5.10. The molecule has 3 rings (SSSR count). The number of rotatable bonds is 3. The maximum absolute atomic E-state index is 12.7. The Bertz CT molecular complexity index is 855. The molecule has 0 radical (unpaired) electrons. The third kappa shape index (κ3) is 3.50. The Morgan fingerprint density at radius 1 is 1.17 bits per heavy atom. The predicted octanol–water partition coefficient (Wildman–Crippen LogP) is 3.76. The number of H-pyrrole nitrogens is 1. The average Bonchev–Trinajstić information content (AvgIpc) is 2.94. The van der Waals surface area contributed by atoms with Crippen LogP contribution in [0.4, 0.5) is 18.9 Å². The number of anilines is 1. The number of carbonyl (C=O) groups is 1. The summed E-state index contributed by atoms with van der Waals surface area (Å²) < 4.78 is 38.0. The first kappa shape index (κ1) is 15.1. The summed E-state index contributed by atoms with van der Waals surface area (Å²) in [6, 6.07) is 9.96. The molecule has 0 spiro atoms. The van der Waals surface area contributed by atoms with Crippen molar-refractivity contribution < 1.29 is 18.0 Å². The first-order chi connectivity index (χ1) is 10.9. The van der Waals surface area contributed by atoms with Crippen LogP contribution in [-0.4, -0.2) is 16.1 Å². The highest BCUT2D eigenvalue weighted by Gasteiger charge is 2.30. The average molecular weight is 319 g/mol. The van der Waals surface area contributed by atoms with Gasteiger partial charge in [0.05, 0.1) is 23.7 Å². The third-order valence-corrected chi connectivity index (χ3v) is 3.34. The number of amides is 1. The summed E-state index contributed by atoms with van der Waals surface area (Å²) in [5.74, 6) is -0.382. The highest BCUT2D eigenvalue weighted by atomic mass is 19.4. The van der Waals surface area contributed by atoms with Crippen LogP contribution in [-0.2, 0) is 17.4 Å². The zero-order valence-electron chi connectivity index (χ0n) is 11.8. The van der Waals surface area contributed by atoms with Crippen LogP contribution in [0, 0.1) is 0 Å². The molecule has 2 aromatic carbocycles. The lowest BCUT2D eigenvalue weighted by Gasteiger charge is -2.09. The van der Waals surface area contributed by atoms with Gasteiger partial charge in [0, 0.05) is 11.1 Å². The second kappa shape index (κ2) is 5.75. The van der Waals surface area contributed by atoms with Gasteiger partial charge in [-0.15, -0.1) is 0 Å². The minimum Gasteiger partial charge on any atom is -0.326 e. The summed E-state index contributed by atoms with van der Waals surface area (Å²) in [4.78, 5) is 12.0. The molecule has 3 aromatic rings. The van der Waals surface area contributed by atoms with E-state index in [1.54, 1.807) is 24.4 Å². The largest absolute Gasteiger partial charge is 0.416 e. The first-order valence-corrected chi connectivity index (χ1v) is 6.81. The van der Waals surface area contributed by atoms with Crippen molar-refractivity contribution in [3.05, 3.63) is 59.8 Å². The maximum Gasteiger partial charge on any atom is 0.416 e. The third-order valence-electron chi connectivity index (χ3n) is 3.34. The molecule has 1 amide bonds. The van der Waals surface area contributed by atoms with Gasteiger partial charge in [-0.25, -0.2) is 0 Å². The molecule has 0 aliphatic heterocycles. The fraction of sp³-hybridized carbons (Fsp3) is 0.125. The number of fused-ring (bicyclic) bond motifs is 1. The molecular weight excluding hydrogens is 307 g/mol. The van der Waals surface area contributed by atoms with Crippen LogP contribution in [0.2, 0.25) is 0 Å². The van der Waals surface area contributed by atoms with E-state index in [-0.39, 0.29) is 12.3 Å². The van der Waals surface area contributed by atoms with Crippen molar-refractivity contribution in [3.8, 4) is 0 Å². The van der Waals surface area contributed by atoms with E-state index in [9.17, 15) is 18.0 Å². The van der Waals surface area contributed by atoms with E-state index in [1.165, 1.54) is 12.1 Å². The monoisotopic (exact) mass is 319 g/mol. The van der Waals surface area contributed by atoms with Crippen molar-refractivity contribution in [2.24, 2.45) is 0 Å². The lowest BCUT2D eigenvalue weighted by molar-refractivity contribution is -0.137. The predicted molar refractivity (Wildman–Crippen MR) is 79.9 cm³/mol. The molecular formula is C16H12F3N3O. The van der Waals surface area contributed by atoms with Gasteiger partial charge in [-0.2, -0.15) is 18.3 Å². The summed E-state index contributed by atoms with van der Waals surface area (Å²) in [7, 11) is 0. The number of halogens is 3. The summed E-state index contributed by atoms with van der Waals surface area (Å²) in [5.41, 5.74) is 0.945. The van der Waals surface area contributed by atoms with Crippen molar-refractivity contribution >= 4 is 22.5 Å². The molecule has 0 bridgehead atoms. The maximum atomic E-state index is 12.7. The van der Waals surface area contributed by atoms with Gasteiger partial charge in [-0.1, -0.05) is 18.2 Å². The van der Waals surface area contributed by atoms with E-state index in [2.05, 4.69) is 15.5 Å². The minimum atomic E-state index is -4.42. The van der Waals surface area contributed by atoms with Crippen LogP contribution in [0.5, 0.6) is 0 Å². The normalized spacial score (nSPS) is 11.6. The van der Waals surface area contributed by atoms with Crippen molar-refractivity contribution in [3.63, 3.8) is 0 Å². The molecule has 1 aromatic heterocycles. The highest BCUT2D eigenvalue weighted by molar-refractivity contribution is 5.94. The lowest BCUT2D eigenvalue weighted by atomic mass is 10.1. The fourth-order valence-electron chi connectivity index (χ4n) is 2.27. The standard InChI is InChI=1S/C16H12F3N3O/c17-16(18,19)12-3-1-2-10(6-12)7-15(23)21-13-4-5-14-11(8-13)9-20-22-14/h1-6,8-9H,7H2,(H,20,22)(H,21,23). The number of carbonyl (C=O) groups excluding carboxylic acids is 1. The zero-order chi connectivity index (χ0) is 16.4. The molecule has 0 aliphatic carbocycles. The van der Waals surface area contributed by atoms with Crippen LogP contribution in [0.3, 0.4) is 0 Å². The Balaban J connectivity index is 1.71. The Kier molecular flexibility index (Phi) is 3.77. The topological polar surface area (TPSA) is 57.8 Å². The van der Waals surface area contributed by atoms with Crippen LogP contribution in [0.25, 0.3) is 10.9 Å². The Labute approximate surface area is 129 Å². The van der Waals surface area contributed by atoms with Gasteiger partial charge in [0.2, 0.25) is 5.91 Å². The summed E-state index contributed by atoms with van der Waals surface area (Å²) in [6.07, 6.45) is -2.93. The van der Waals surface area contributed by atoms with Gasteiger partial charge in [0.1, 0.15) is 0 Å². The van der Waals surface area contributed by atoms with Gasteiger partial charge >= 0.3 is 6.18 Å². The Hall–Kier alpha value is -2.83. The van der Waals surface area contributed by atoms with E-state index in [4.69, 9.17) is 0 Å². The molecule has 7 heteroatoms. The number of nitrogens with one attached hydrogen (secondary N) is 2. The molecule has 0 saturated carbocycles. The summed E-state index contributed by atoms with van der Waals surface area (Å²) in [6.45, 7) is 0. The number of aromatic amines is 1. The van der Waals surface area contributed by atoms with E-state index in [1.807, 2.05) is 0 Å². The van der Waals surface area contributed by atoms with E-state index in [0.717, 1.165) is 23.0 Å². The smallest absolute Gasteiger partial charge is 0.326 e. The Morgan fingerprint density at radius 3 is 2.78 bits per heavy atom. The molecule has 4 nitrogen and oxygen atoms in total. The molecule has 0 fully saturated rings. The van der Waals surface area contributed by atoms with Crippen molar-refractivity contribution in [2.75, 3.05) is 5.32 Å². The molecule has 1 heterocycles. The lowest BCUT2D eigenvalue weighted by Crippen LogP contribution is -2.15. The SMILES string of the molecule is O=C(Cc1cccc(C(F)(F)F)c1)Nc1ccc2[nH]ncc2c1. The van der Waals surface area contributed by atoms with Crippen molar-refractivity contribution in [1.29, 1.82) is 0 Å². The summed E-state index contributed by atoms with van der Waals surface area (Å²) in [5, 5.41) is 10.2. The van der Waals surface area contributed by atoms with Gasteiger partial charge in [-0.3, -0.25) is 9.89 Å². The minimum absolute atomic E-state index is 0.132.